The largest absolute Gasteiger partial charge is 0.464 e. The SMILES string of the molecule is CCOC(=O)[C@H](Cc1ccc(NC(=O)c2c(Cl)cncc2Cl)cc1)NC(=O)C1C[C@@H](N2CC[C@H](F)C2)CN1S(=O)(=O)c1cccc(C#N)c1. The van der Waals surface area contributed by atoms with Gasteiger partial charge in [0.05, 0.1) is 38.7 Å². The first-order valence-electron chi connectivity index (χ1n) is 15.5. The molecule has 1 aromatic heterocycles. The standard InChI is InChI=1S/C33H33Cl2FN6O6S/c1-2-48-33(45)28(13-20-6-8-23(9-7-20)39-32(44)30-26(34)16-38-17-27(30)35)40-31(43)29-14-24(41-11-10-22(36)18-41)19-42(29)49(46,47)25-5-3-4-21(12-25)15-37/h3-9,12,16-17,22,24,28-29H,2,10-11,13-14,18-19H2,1H3,(H,39,44)(H,40,43)/t22-,24+,28-,29?/m0/s1. The molecule has 258 valence electrons. The van der Waals surface area contributed by atoms with Gasteiger partial charge in [0.25, 0.3) is 5.91 Å². The summed E-state index contributed by atoms with van der Waals surface area (Å²) in [5, 5.41) is 14.9. The topological polar surface area (TPSA) is 162 Å². The summed E-state index contributed by atoms with van der Waals surface area (Å²) in [6.07, 6.45) is 1.92. The second-order valence-electron chi connectivity index (χ2n) is 11.6. The molecule has 5 rings (SSSR count). The second kappa shape index (κ2) is 15.6. The highest BCUT2D eigenvalue weighted by atomic mass is 35.5. The smallest absolute Gasteiger partial charge is 0.328 e. The molecule has 1 unspecified atom stereocenters. The lowest BCUT2D eigenvalue weighted by Gasteiger charge is -2.25. The molecule has 0 bridgehead atoms. The van der Waals surface area contributed by atoms with E-state index in [1.807, 2.05) is 11.0 Å². The van der Waals surface area contributed by atoms with Crippen molar-refractivity contribution in [1.29, 1.82) is 5.26 Å². The van der Waals surface area contributed by atoms with Gasteiger partial charge in [0.2, 0.25) is 15.9 Å². The minimum atomic E-state index is -4.28. The molecule has 0 radical (unpaired) electrons. The van der Waals surface area contributed by atoms with Gasteiger partial charge in [-0.3, -0.25) is 19.5 Å². The second-order valence-corrected chi connectivity index (χ2v) is 14.4. The molecule has 4 atom stereocenters. The van der Waals surface area contributed by atoms with Gasteiger partial charge >= 0.3 is 5.97 Å². The first-order chi connectivity index (χ1) is 23.4. The quantitative estimate of drug-likeness (QED) is 0.278. The average molecular weight is 732 g/mol. The first kappa shape index (κ1) is 36.2. The van der Waals surface area contributed by atoms with E-state index in [-0.39, 0.29) is 58.6 Å². The number of rotatable bonds is 11. The molecule has 2 aliphatic rings. The Bertz CT molecular complexity index is 1860. The van der Waals surface area contributed by atoms with Crippen molar-refractivity contribution in [3.8, 4) is 6.07 Å². The van der Waals surface area contributed by atoms with Gasteiger partial charge in [-0.1, -0.05) is 41.4 Å². The summed E-state index contributed by atoms with van der Waals surface area (Å²) in [6, 6.07) is 11.1. The molecular formula is C33H33Cl2FN6O6S. The lowest BCUT2D eigenvalue weighted by atomic mass is 10.0. The van der Waals surface area contributed by atoms with E-state index in [0.29, 0.717) is 24.2 Å². The van der Waals surface area contributed by atoms with Gasteiger partial charge in [-0.15, -0.1) is 0 Å². The van der Waals surface area contributed by atoms with Crippen LogP contribution in [0.5, 0.6) is 0 Å². The molecular weight excluding hydrogens is 698 g/mol. The summed E-state index contributed by atoms with van der Waals surface area (Å²) in [5.41, 5.74) is 1.20. The Hall–Kier alpha value is -4.13. The number of hydrogen-bond donors (Lipinski definition) is 2. The molecule has 0 spiro atoms. The summed E-state index contributed by atoms with van der Waals surface area (Å²) in [5.74, 6) is -1.99. The van der Waals surface area contributed by atoms with Crippen LogP contribution in [0.15, 0.2) is 65.8 Å². The van der Waals surface area contributed by atoms with Crippen LogP contribution in [-0.4, -0.2) is 90.9 Å². The summed E-state index contributed by atoms with van der Waals surface area (Å²) < 4.78 is 48.2. The summed E-state index contributed by atoms with van der Waals surface area (Å²) in [4.78, 5) is 45.3. The third kappa shape index (κ3) is 8.37. The predicted octanol–water partition coefficient (Wildman–Crippen LogP) is 3.98. The van der Waals surface area contributed by atoms with Crippen LogP contribution >= 0.6 is 23.2 Å². The number of sulfonamides is 1. The van der Waals surface area contributed by atoms with E-state index in [9.17, 15) is 32.5 Å². The molecule has 2 N–H and O–H groups in total. The number of alkyl halides is 1. The maximum absolute atomic E-state index is 14.1. The van der Waals surface area contributed by atoms with Crippen LogP contribution < -0.4 is 10.6 Å². The molecule has 2 fully saturated rings. The van der Waals surface area contributed by atoms with E-state index < -0.39 is 52.1 Å². The van der Waals surface area contributed by atoms with Crippen molar-refractivity contribution in [3.05, 3.63) is 87.7 Å². The number of ether oxygens (including phenoxy) is 1. The van der Waals surface area contributed by atoms with E-state index >= 15 is 0 Å². The number of anilines is 1. The molecule has 2 saturated heterocycles. The van der Waals surface area contributed by atoms with E-state index in [2.05, 4.69) is 15.6 Å². The number of nitriles is 1. The fraction of sp³-hybridized carbons (Fsp3) is 0.364. The Balaban J connectivity index is 1.35. The lowest BCUT2D eigenvalue weighted by Crippen LogP contribution is -2.51. The molecule has 16 heteroatoms. The number of carbonyl (C=O) groups is 3. The van der Waals surface area contributed by atoms with E-state index in [0.717, 1.165) is 4.31 Å². The number of nitrogens with zero attached hydrogens (tertiary/aromatic N) is 4. The summed E-state index contributed by atoms with van der Waals surface area (Å²) in [6.45, 7) is 2.13. The number of esters is 1. The van der Waals surface area contributed by atoms with Crippen LogP contribution in [0.2, 0.25) is 10.0 Å². The Labute approximate surface area is 293 Å². The summed E-state index contributed by atoms with van der Waals surface area (Å²) in [7, 11) is -4.28. The van der Waals surface area contributed by atoms with Crippen LogP contribution in [0.25, 0.3) is 0 Å². The molecule has 3 aromatic rings. The van der Waals surface area contributed by atoms with E-state index in [4.69, 9.17) is 27.9 Å². The third-order valence-electron chi connectivity index (χ3n) is 8.40. The van der Waals surface area contributed by atoms with Gasteiger partial charge in [0.1, 0.15) is 18.3 Å². The number of aromatic nitrogens is 1. The van der Waals surface area contributed by atoms with Gasteiger partial charge in [-0.2, -0.15) is 9.57 Å². The molecule has 2 amide bonds. The van der Waals surface area contributed by atoms with Crippen LogP contribution in [0, 0.1) is 11.3 Å². The number of pyridine rings is 1. The van der Waals surface area contributed by atoms with Gasteiger partial charge in [-0.05, 0) is 55.7 Å². The van der Waals surface area contributed by atoms with Crippen molar-refractivity contribution >= 4 is 56.7 Å². The predicted molar refractivity (Wildman–Crippen MR) is 179 cm³/mol. The van der Waals surface area contributed by atoms with Crippen LogP contribution in [0.3, 0.4) is 0 Å². The number of likely N-dealkylation sites (tertiary alicyclic amines) is 1. The molecule has 12 nitrogen and oxygen atoms in total. The van der Waals surface area contributed by atoms with Gasteiger partial charge < -0.3 is 15.4 Å². The maximum atomic E-state index is 14.1. The lowest BCUT2D eigenvalue weighted by molar-refractivity contribution is -0.147. The molecule has 49 heavy (non-hydrogen) atoms. The van der Waals surface area contributed by atoms with E-state index in [1.165, 1.54) is 36.7 Å². The van der Waals surface area contributed by atoms with Crippen molar-refractivity contribution in [1.82, 2.24) is 19.5 Å². The Kier molecular flexibility index (Phi) is 11.5. The molecule has 0 saturated carbocycles. The number of carbonyl (C=O) groups excluding carboxylic acids is 3. The molecule has 3 heterocycles. The number of amides is 2. The zero-order chi connectivity index (χ0) is 35.3. The molecule has 2 aromatic carbocycles. The fourth-order valence-corrected chi connectivity index (χ4v) is 8.19. The van der Waals surface area contributed by atoms with Gasteiger partial charge in [-0.25, -0.2) is 17.6 Å². The van der Waals surface area contributed by atoms with Crippen LogP contribution in [0.1, 0.15) is 41.3 Å². The van der Waals surface area contributed by atoms with Gasteiger partial charge in [0.15, 0.2) is 0 Å². The van der Waals surface area contributed by atoms with Crippen molar-refractivity contribution in [2.45, 2.75) is 55.4 Å². The van der Waals surface area contributed by atoms with Crippen molar-refractivity contribution in [3.63, 3.8) is 0 Å². The fourth-order valence-electron chi connectivity index (χ4n) is 5.97. The Morgan fingerprint density at radius 3 is 2.47 bits per heavy atom. The number of benzene rings is 2. The Morgan fingerprint density at radius 2 is 1.84 bits per heavy atom. The normalized spacial score (nSPS) is 20.3. The molecule has 2 aliphatic heterocycles. The monoisotopic (exact) mass is 730 g/mol. The highest BCUT2D eigenvalue weighted by molar-refractivity contribution is 7.89. The average Bonchev–Trinajstić information content (AvgIpc) is 3.73. The van der Waals surface area contributed by atoms with Crippen molar-refractivity contribution < 1.29 is 31.9 Å². The zero-order valence-electron chi connectivity index (χ0n) is 26.3. The van der Waals surface area contributed by atoms with Crippen LogP contribution in [0.4, 0.5) is 10.1 Å². The summed E-state index contributed by atoms with van der Waals surface area (Å²) >= 11 is 12.2. The highest BCUT2D eigenvalue weighted by Crippen LogP contribution is 2.32. The number of nitrogens with one attached hydrogen (secondary N) is 2. The van der Waals surface area contributed by atoms with Crippen molar-refractivity contribution in [2.24, 2.45) is 0 Å². The van der Waals surface area contributed by atoms with Crippen LogP contribution in [-0.2, 0) is 30.8 Å². The van der Waals surface area contributed by atoms with Gasteiger partial charge in [0, 0.05) is 50.2 Å². The minimum absolute atomic E-state index is 0.0103. The minimum Gasteiger partial charge on any atom is -0.464 e. The number of hydrogen-bond acceptors (Lipinski definition) is 9. The zero-order valence-corrected chi connectivity index (χ0v) is 28.6. The third-order valence-corrected chi connectivity index (χ3v) is 10.8. The number of halogens is 3. The maximum Gasteiger partial charge on any atom is 0.328 e. The first-order valence-corrected chi connectivity index (χ1v) is 17.7. The Morgan fingerprint density at radius 1 is 1.12 bits per heavy atom. The van der Waals surface area contributed by atoms with Crippen molar-refractivity contribution in [2.75, 3.05) is 31.6 Å². The van der Waals surface area contributed by atoms with E-state index in [1.54, 1.807) is 31.2 Å². The molecule has 0 aliphatic carbocycles. The highest BCUT2D eigenvalue weighted by Gasteiger charge is 2.47.